The predicted octanol–water partition coefficient (Wildman–Crippen LogP) is -1.23. The average Bonchev–Trinajstić information content (AvgIpc) is 2.88. The van der Waals surface area contributed by atoms with Gasteiger partial charge in [-0.2, -0.15) is 0 Å². The van der Waals surface area contributed by atoms with Crippen LogP contribution in [0.3, 0.4) is 0 Å². The van der Waals surface area contributed by atoms with Crippen molar-refractivity contribution in [2.45, 2.75) is 76.5 Å². The Labute approximate surface area is 237 Å². The Morgan fingerprint density at radius 2 is 1.41 bits per heavy atom. The Hall–Kier alpha value is -4.40. The summed E-state index contributed by atoms with van der Waals surface area (Å²) in [6.45, 7) is 3.79. The zero-order chi connectivity index (χ0) is 31.1. The maximum absolute atomic E-state index is 13.3. The van der Waals surface area contributed by atoms with Gasteiger partial charge in [-0.25, -0.2) is 4.79 Å². The molecule has 0 aromatic heterocycles. The molecule has 3 amide bonds. The van der Waals surface area contributed by atoms with Gasteiger partial charge in [0.1, 0.15) is 23.9 Å². The molecule has 41 heavy (non-hydrogen) atoms. The van der Waals surface area contributed by atoms with Crippen molar-refractivity contribution in [3.63, 3.8) is 0 Å². The van der Waals surface area contributed by atoms with Crippen molar-refractivity contribution in [2.75, 3.05) is 6.54 Å². The summed E-state index contributed by atoms with van der Waals surface area (Å²) in [5, 5.41) is 35.6. The Balaban J connectivity index is 3.12. The van der Waals surface area contributed by atoms with Crippen LogP contribution in [-0.4, -0.2) is 81.7 Å². The first-order valence-corrected chi connectivity index (χ1v) is 13.1. The Morgan fingerprint density at radius 1 is 0.854 bits per heavy atom. The average molecular weight is 580 g/mol. The van der Waals surface area contributed by atoms with Crippen LogP contribution in [0.5, 0.6) is 5.75 Å². The van der Waals surface area contributed by atoms with Crippen LogP contribution in [0.4, 0.5) is 0 Å². The normalized spacial score (nSPS) is 13.8. The van der Waals surface area contributed by atoms with E-state index < -0.39 is 53.8 Å². The number of carboxylic acids is 2. The minimum atomic E-state index is -1.30. The molecule has 0 aliphatic heterocycles. The van der Waals surface area contributed by atoms with Gasteiger partial charge in [-0.3, -0.25) is 24.2 Å². The van der Waals surface area contributed by atoms with Crippen molar-refractivity contribution in [3.05, 3.63) is 29.8 Å². The molecular formula is C26H41N7O8. The van der Waals surface area contributed by atoms with Crippen LogP contribution < -0.4 is 33.2 Å². The lowest BCUT2D eigenvalue weighted by Crippen LogP contribution is -2.57. The topological polar surface area (TPSA) is 273 Å². The third kappa shape index (κ3) is 14.0. The SMILES string of the molecule is CC(C)CC(NC(=O)C(N)CCC(=O)O)C(=O)NC(Cc1ccc(O)cc1)C(=O)NC(CCCN=C(N)N)C(=O)O. The Kier molecular flexibility index (Phi) is 14.6. The number of carbonyl (C=O) groups excluding carboxylic acids is 3. The van der Waals surface area contributed by atoms with Gasteiger partial charge in [0.25, 0.3) is 0 Å². The fraction of sp³-hybridized carbons (Fsp3) is 0.538. The Bertz CT molecular complexity index is 1070. The number of hydrogen-bond donors (Lipinski definition) is 9. The van der Waals surface area contributed by atoms with Gasteiger partial charge in [0.2, 0.25) is 17.7 Å². The maximum atomic E-state index is 13.3. The van der Waals surface area contributed by atoms with Gasteiger partial charge < -0.3 is 48.5 Å². The summed E-state index contributed by atoms with van der Waals surface area (Å²) in [6, 6.07) is 1.06. The number of nitrogens with one attached hydrogen (secondary N) is 3. The van der Waals surface area contributed by atoms with Crippen LogP contribution in [0.15, 0.2) is 29.3 Å². The van der Waals surface area contributed by atoms with E-state index in [0.29, 0.717) is 5.56 Å². The fourth-order valence-electron chi connectivity index (χ4n) is 3.77. The van der Waals surface area contributed by atoms with Gasteiger partial charge in [0.15, 0.2) is 5.96 Å². The van der Waals surface area contributed by atoms with E-state index in [0.717, 1.165) is 0 Å². The Morgan fingerprint density at radius 3 is 1.95 bits per heavy atom. The van der Waals surface area contributed by atoms with E-state index in [1.807, 2.05) is 13.8 Å². The standard InChI is InChI=1S/C26H41N7O8/c1-14(2)12-19(32-22(37)17(27)9-10-21(35)36)23(38)33-20(13-15-5-7-16(34)8-6-15)24(39)31-18(25(40)41)4-3-11-30-26(28)29/h5-8,14,17-20,34H,3-4,9-13,27H2,1-2H3,(H,31,39)(H,32,37)(H,33,38)(H,35,36)(H,40,41)(H4,28,29,30). The number of benzene rings is 1. The molecule has 12 N–H and O–H groups in total. The molecule has 4 unspecified atom stereocenters. The number of hydrogen-bond acceptors (Lipinski definition) is 8. The number of guanidine groups is 1. The van der Waals surface area contributed by atoms with Crippen molar-refractivity contribution >= 4 is 35.6 Å². The predicted molar refractivity (Wildman–Crippen MR) is 149 cm³/mol. The molecule has 0 bridgehead atoms. The molecule has 0 radical (unpaired) electrons. The van der Waals surface area contributed by atoms with Gasteiger partial charge in [0.05, 0.1) is 6.04 Å². The molecule has 15 heteroatoms. The van der Waals surface area contributed by atoms with Crippen molar-refractivity contribution < 1.29 is 39.3 Å². The highest BCUT2D eigenvalue weighted by atomic mass is 16.4. The second-order valence-corrected chi connectivity index (χ2v) is 10.0. The molecule has 1 rings (SSSR count). The summed E-state index contributed by atoms with van der Waals surface area (Å²) >= 11 is 0. The number of aliphatic carboxylic acids is 2. The monoisotopic (exact) mass is 579 g/mol. The molecular weight excluding hydrogens is 538 g/mol. The summed E-state index contributed by atoms with van der Waals surface area (Å²) < 4.78 is 0. The van der Waals surface area contributed by atoms with Gasteiger partial charge in [0, 0.05) is 19.4 Å². The first-order valence-electron chi connectivity index (χ1n) is 13.1. The van der Waals surface area contributed by atoms with Crippen LogP contribution in [0.2, 0.25) is 0 Å². The molecule has 1 aromatic rings. The number of nitrogens with zero attached hydrogens (tertiary/aromatic N) is 1. The van der Waals surface area contributed by atoms with Gasteiger partial charge in [-0.1, -0.05) is 26.0 Å². The lowest BCUT2D eigenvalue weighted by atomic mass is 10.00. The lowest BCUT2D eigenvalue weighted by molar-refractivity contribution is -0.142. The van der Waals surface area contributed by atoms with Crippen molar-refractivity contribution in [3.8, 4) is 5.75 Å². The number of nitrogens with two attached hydrogens (primary N) is 3. The molecule has 15 nitrogen and oxygen atoms in total. The smallest absolute Gasteiger partial charge is 0.326 e. The number of phenols is 1. The number of carbonyl (C=O) groups is 5. The first kappa shape index (κ1) is 34.6. The van der Waals surface area contributed by atoms with E-state index >= 15 is 0 Å². The number of amides is 3. The van der Waals surface area contributed by atoms with E-state index in [9.17, 15) is 34.2 Å². The molecule has 1 aromatic carbocycles. The largest absolute Gasteiger partial charge is 0.508 e. The number of carboxylic acid groups (broad SMARTS) is 2. The van der Waals surface area contributed by atoms with E-state index in [1.165, 1.54) is 12.1 Å². The minimum Gasteiger partial charge on any atom is -0.508 e. The third-order valence-corrected chi connectivity index (χ3v) is 5.92. The summed E-state index contributed by atoms with van der Waals surface area (Å²) in [6.07, 6.45) is -0.0746. The fourth-order valence-corrected chi connectivity index (χ4v) is 3.77. The highest BCUT2D eigenvalue weighted by Gasteiger charge is 2.31. The van der Waals surface area contributed by atoms with E-state index in [1.54, 1.807) is 12.1 Å². The van der Waals surface area contributed by atoms with Crippen LogP contribution in [0, 0.1) is 5.92 Å². The van der Waals surface area contributed by atoms with Crippen molar-refractivity contribution in [1.82, 2.24) is 16.0 Å². The summed E-state index contributed by atoms with van der Waals surface area (Å²) in [4.78, 5) is 65.6. The second-order valence-electron chi connectivity index (χ2n) is 10.0. The van der Waals surface area contributed by atoms with E-state index in [-0.39, 0.29) is 62.7 Å². The molecule has 0 saturated carbocycles. The van der Waals surface area contributed by atoms with E-state index in [2.05, 4.69) is 20.9 Å². The number of aromatic hydroxyl groups is 1. The minimum absolute atomic E-state index is 0.00977. The highest BCUT2D eigenvalue weighted by molar-refractivity contribution is 5.94. The van der Waals surface area contributed by atoms with E-state index in [4.69, 9.17) is 22.3 Å². The molecule has 0 aliphatic rings. The molecule has 4 atom stereocenters. The third-order valence-electron chi connectivity index (χ3n) is 5.92. The molecule has 228 valence electrons. The first-order chi connectivity index (χ1) is 19.2. The van der Waals surface area contributed by atoms with Gasteiger partial charge in [-0.05, 0) is 49.3 Å². The van der Waals surface area contributed by atoms with Crippen LogP contribution >= 0.6 is 0 Å². The molecule has 0 saturated heterocycles. The zero-order valence-electron chi connectivity index (χ0n) is 23.2. The van der Waals surface area contributed by atoms with Crippen molar-refractivity contribution in [2.24, 2.45) is 28.1 Å². The summed E-state index contributed by atoms with van der Waals surface area (Å²) in [5.41, 5.74) is 16.9. The van der Waals surface area contributed by atoms with Crippen molar-refractivity contribution in [1.29, 1.82) is 0 Å². The van der Waals surface area contributed by atoms with Crippen LogP contribution in [0.1, 0.15) is 51.5 Å². The molecule has 0 aliphatic carbocycles. The highest BCUT2D eigenvalue weighted by Crippen LogP contribution is 2.13. The number of aliphatic imine (C=N–C) groups is 1. The zero-order valence-corrected chi connectivity index (χ0v) is 23.2. The molecule has 0 fully saturated rings. The molecule has 0 heterocycles. The van der Waals surface area contributed by atoms with Gasteiger partial charge in [-0.15, -0.1) is 0 Å². The van der Waals surface area contributed by atoms with Crippen LogP contribution in [0.25, 0.3) is 0 Å². The maximum Gasteiger partial charge on any atom is 0.326 e. The number of phenolic OH excluding ortho intramolecular Hbond substituents is 1. The summed E-state index contributed by atoms with van der Waals surface area (Å²) in [7, 11) is 0. The van der Waals surface area contributed by atoms with Crippen LogP contribution in [-0.2, 0) is 30.4 Å². The second kappa shape index (κ2) is 17.3. The lowest BCUT2D eigenvalue weighted by Gasteiger charge is -2.26. The molecule has 0 spiro atoms. The van der Waals surface area contributed by atoms with Gasteiger partial charge >= 0.3 is 11.9 Å². The summed E-state index contributed by atoms with van der Waals surface area (Å²) in [5.74, 6) is -4.86. The number of rotatable bonds is 18. The quantitative estimate of drug-likeness (QED) is 0.0564.